The van der Waals surface area contributed by atoms with E-state index in [1.165, 1.54) is 6.07 Å². The van der Waals surface area contributed by atoms with E-state index in [0.29, 0.717) is 31.0 Å². The Morgan fingerprint density at radius 2 is 2.00 bits per heavy atom. The highest BCUT2D eigenvalue weighted by Crippen LogP contribution is 2.15. The topological polar surface area (TPSA) is 49.6 Å². The molecule has 2 aromatic rings. The molecule has 1 atom stereocenters. The van der Waals surface area contributed by atoms with Gasteiger partial charge in [-0.3, -0.25) is 4.99 Å². The van der Waals surface area contributed by atoms with Gasteiger partial charge in [-0.15, -0.1) is 24.0 Å². The van der Waals surface area contributed by atoms with Crippen LogP contribution in [0.15, 0.2) is 39.7 Å². The zero-order valence-electron chi connectivity index (χ0n) is 14.6. The van der Waals surface area contributed by atoms with Gasteiger partial charge in [-0.2, -0.15) is 0 Å². The van der Waals surface area contributed by atoms with E-state index >= 15 is 0 Å². The van der Waals surface area contributed by atoms with Crippen molar-refractivity contribution in [2.45, 2.75) is 33.2 Å². The summed E-state index contributed by atoms with van der Waals surface area (Å²) >= 11 is 0. The van der Waals surface area contributed by atoms with Crippen LogP contribution in [-0.2, 0) is 6.42 Å². The highest BCUT2D eigenvalue weighted by molar-refractivity contribution is 14.0. The molecule has 0 fully saturated rings. The summed E-state index contributed by atoms with van der Waals surface area (Å²) in [5.41, 5.74) is 0.323. The van der Waals surface area contributed by atoms with Gasteiger partial charge in [0.1, 0.15) is 11.5 Å². The predicted molar refractivity (Wildman–Crippen MR) is 106 cm³/mol. The molecule has 2 rings (SSSR count). The lowest BCUT2D eigenvalue weighted by molar-refractivity contribution is 0.441. The standard InChI is InChI=1S/C18H23F2N3O.HI/c1-4-21-18(23-13(3)16-9-8-12(2)24-16)22-11-10-14-6-5-7-15(19)17(14)20;/h5-9,13H,4,10-11H2,1-3H3,(H2,21,22,23);1H. The second-order valence-electron chi connectivity index (χ2n) is 5.54. The molecular weight excluding hydrogens is 439 g/mol. The summed E-state index contributed by atoms with van der Waals surface area (Å²) in [6.07, 6.45) is 0.328. The summed E-state index contributed by atoms with van der Waals surface area (Å²) in [6.45, 7) is 6.87. The maximum atomic E-state index is 13.6. The van der Waals surface area contributed by atoms with Crippen LogP contribution in [0.2, 0.25) is 0 Å². The highest BCUT2D eigenvalue weighted by atomic mass is 127. The number of benzene rings is 1. The lowest BCUT2D eigenvalue weighted by Gasteiger charge is -2.16. The van der Waals surface area contributed by atoms with Crippen LogP contribution in [0.1, 0.15) is 37.0 Å². The average molecular weight is 463 g/mol. The Morgan fingerprint density at radius 3 is 2.64 bits per heavy atom. The smallest absolute Gasteiger partial charge is 0.191 e. The van der Waals surface area contributed by atoms with Gasteiger partial charge in [0.15, 0.2) is 17.6 Å². The lowest BCUT2D eigenvalue weighted by atomic mass is 10.1. The number of aliphatic imine (C=N–C) groups is 1. The summed E-state index contributed by atoms with van der Waals surface area (Å²) in [7, 11) is 0. The Balaban J connectivity index is 0.00000312. The van der Waals surface area contributed by atoms with Crippen molar-refractivity contribution < 1.29 is 13.2 Å². The third-order valence-corrected chi connectivity index (χ3v) is 3.57. The molecule has 0 amide bonds. The van der Waals surface area contributed by atoms with E-state index in [0.717, 1.165) is 17.6 Å². The molecule has 4 nitrogen and oxygen atoms in total. The van der Waals surface area contributed by atoms with Crippen molar-refractivity contribution in [3.8, 4) is 0 Å². The number of halogens is 3. The van der Waals surface area contributed by atoms with Gasteiger partial charge >= 0.3 is 0 Å². The van der Waals surface area contributed by atoms with E-state index in [2.05, 4.69) is 15.6 Å². The highest BCUT2D eigenvalue weighted by Gasteiger charge is 2.11. The van der Waals surface area contributed by atoms with Gasteiger partial charge in [-0.05, 0) is 51.0 Å². The Kier molecular flexibility index (Phi) is 8.88. The van der Waals surface area contributed by atoms with E-state index in [1.807, 2.05) is 32.9 Å². The first-order valence-electron chi connectivity index (χ1n) is 8.05. The molecule has 7 heteroatoms. The fourth-order valence-corrected chi connectivity index (χ4v) is 2.31. The summed E-state index contributed by atoms with van der Waals surface area (Å²) in [4.78, 5) is 4.42. The van der Waals surface area contributed by atoms with Gasteiger partial charge in [0.2, 0.25) is 0 Å². The minimum absolute atomic E-state index is 0. The molecule has 1 unspecified atom stereocenters. The van der Waals surface area contributed by atoms with Crippen LogP contribution in [0.25, 0.3) is 0 Å². The minimum atomic E-state index is -0.830. The normalized spacial score (nSPS) is 12.4. The Hall–Kier alpha value is -1.64. The third kappa shape index (κ3) is 6.30. The summed E-state index contributed by atoms with van der Waals surface area (Å²) in [6, 6.07) is 7.96. The molecule has 0 spiro atoms. The van der Waals surface area contributed by atoms with E-state index in [9.17, 15) is 8.78 Å². The van der Waals surface area contributed by atoms with Crippen molar-refractivity contribution in [3.05, 3.63) is 59.1 Å². The van der Waals surface area contributed by atoms with Gasteiger partial charge in [0, 0.05) is 13.1 Å². The molecule has 1 aromatic carbocycles. The number of hydrogen-bond acceptors (Lipinski definition) is 2. The number of furan rings is 1. The first-order chi connectivity index (χ1) is 11.5. The van der Waals surface area contributed by atoms with Crippen molar-refractivity contribution in [1.29, 1.82) is 0 Å². The molecule has 0 aliphatic carbocycles. The molecule has 0 radical (unpaired) electrons. The maximum absolute atomic E-state index is 13.6. The van der Waals surface area contributed by atoms with Crippen molar-refractivity contribution in [2.24, 2.45) is 4.99 Å². The number of aryl methyl sites for hydroxylation is 1. The minimum Gasteiger partial charge on any atom is -0.464 e. The molecule has 0 aliphatic rings. The van der Waals surface area contributed by atoms with Crippen LogP contribution in [0.5, 0.6) is 0 Å². The lowest BCUT2D eigenvalue weighted by Crippen LogP contribution is -2.38. The zero-order valence-corrected chi connectivity index (χ0v) is 16.9. The van der Waals surface area contributed by atoms with E-state index in [1.54, 1.807) is 6.07 Å². The Labute approximate surface area is 164 Å². The molecule has 1 aromatic heterocycles. The number of guanidine groups is 1. The molecule has 0 aliphatic heterocycles. The summed E-state index contributed by atoms with van der Waals surface area (Å²) < 4.78 is 32.4. The second-order valence-corrected chi connectivity index (χ2v) is 5.54. The van der Waals surface area contributed by atoms with Gasteiger partial charge < -0.3 is 15.1 Å². The van der Waals surface area contributed by atoms with Crippen LogP contribution in [0, 0.1) is 18.6 Å². The van der Waals surface area contributed by atoms with E-state index in [-0.39, 0.29) is 30.0 Å². The van der Waals surface area contributed by atoms with E-state index in [4.69, 9.17) is 4.42 Å². The van der Waals surface area contributed by atoms with Crippen molar-refractivity contribution >= 4 is 29.9 Å². The number of rotatable bonds is 6. The molecule has 0 saturated heterocycles. The van der Waals surface area contributed by atoms with Crippen molar-refractivity contribution in [3.63, 3.8) is 0 Å². The maximum Gasteiger partial charge on any atom is 0.191 e. The van der Waals surface area contributed by atoms with Gasteiger partial charge in [0.05, 0.1) is 6.04 Å². The summed E-state index contributed by atoms with van der Waals surface area (Å²) in [5.74, 6) is 0.640. The number of nitrogens with one attached hydrogen (secondary N) is 2. The Bertz CT molecular complexity index is 703. The predicted octanol–water partition coefficient (Wildman–Crippen LogP) is 4.34. The average Bonchev–Trinajstić information content (AvgIpc) is 2.98. The van der Waals surface area contributed by atoms with Crippen molar-refractivity contribution in [2.75, 3.05) is 13.1 Å². The monoisotopic (exact) mass is 463 g/mol. The molecule has 1 heterocycles. The molecule has 2 N–H and O–H groups in total. The van der Waals surface area contributed by atoms with Crippen molar-refractivity contribution in [1.82, 2.24) is 10.6 Å². The number of hydrogen-bond donors (Lipinski definition) is 2. The molecule has 0 saturated carbocycles. The van der Waals surface area contributed by atoms with Crippen LogP contribution < -0.4 is 10.6 Å². The van der Waals surface area contributed by atoms with Gasteiger partial charge in [-0.1, -0.05) is 12.1 Å². The zero-order chi connectivity index (χ0) is 17.5. The van der Waals surface area contributed by atoms with E-state index < -0.39 is 11.6 Å². The second kappa shape index (κ2) is 10.4. The summed E-state index contributed by atoms with van der Waals surface area (Å²) in [5, 5.41) is 6.37. The van der Waals surface area contributed by atoms with Crippen LogP contribution in [-0.4, -0.2) is 19.0 Å². The fraction of sp³-hybridized carbons (Fsp3) is 0.389. The molecule has 138 valence electrons. The first-order valence-corrected chi connectivity index (χ1v) is 8.05. The molecule has 0 bridgehead atoms. The third-order valence-electron chi connectivity index (χ3n) is 3.57. The van der Waals surface area contributed by atoms with Crippen LogP contribution in [0.4, 0.5) is 8.78 Å². The first kappa shape index (κ1) is 21.4. The molecular formula is C18H24F2IN3O. The van der Waals surface area contributed by atoms with Crippen LogP contribution >= 0.6 is 24.0 Å². The van der Waals surface area contributed by atoms with Crippen LogP contribution in [0.3, 0.4) is 0 Å². The van der Waals surface area contributed by atoms with Gasteiger partial charge in [0.25, 0.3) is 0 Å². The quantitative estimate of drug-likeness (QED) is 0.381. The number of nitrogens with zero attached hydrogens (tertiary/aromatic N) is 1. The fourth-order valence-electron chi connectivity index (χ4n) is 2.31. The SMILES string of the molecule is CCNC(=NCCc1cccc(F)c1F)NC(C)c1ccc(C)o1.I. The Morgan fingerprint density at radius 1 is 1.24 bits per heavy atom. The molecule has 25 heavy (non-hydrogen) atoms. The largest absolute Gasteiger partial charge is 0.464 e. The van der Waals surface area contributed by atoms with Gasteiger partial charge in [-0.25, -0.2) is 8.78 Å².